The molecule has 1 atom stereocenters. The average Bonchev–Trinajstić information content (AvgIpc) is 2.92. The van der Waals surface area contributed by atoms with Crippen molar-refractivity contribution in [2.45, 2.75) is 57.1 Å². The summed E-state index contributed by atoms with van der Waals surface area (Å²) in [6.07, 6.45) is 6.64. The zero-order valence-electron chi connectivity index (χ0n) is 17.0. The molecule has 3 rings (SSSR count). The third-order valence-electron chi connectivity index (χ3n) is 4.79. The number of nitrogens with zero attached hydrogens (tertiary/aromatic N) is 2. The zero-order valence-corrected chi connectivity index (χ0v) is 17.8. The molecular weight excluding hydrogens is 404 g/mol. The summed E-state index contributed by atoms with van der Waals surface area (Å²) in [7, 11) is 0. The lowest BCUT2D eigenvalue weighted by atomic mass is 10.2. The van der Waals surface area contributed by atoms with Crippen LogP contribution >= 0.6 is 11.8 Å². The highest BCUT2D eigenvalue weighted by atomic mass is 32.2. The van der Waals surface area contributed by atoms with Crippen LogP contribution in [0.1, 0.15) is 62.2 Å². The van der Waals surface area contributed by atoms with Crippen molar-refractivity contribution in [2.75, 3.05) is 11.9 Å². The molecule has 2 amide bonds. The van der Waals surface area contributed by atoms with Gasteiger partial charge in [0.15, 0.2) is 5.17 Å². The van der Waals surface area contributed by atoms with E-state index < -0.39 is 11.2 Å². The lowest BCUT2D eigenvalue weighted by molar-refractivity contribution is -0.122. The lowest BCUT2D eigenvalue weighted by Crippen LogP contribution is -2.28. The third-order valence-corrected chi connectivity index (χ3v) is 5.86. The number of esters is 1. The minimum atomic E-state index is -0.545. The molecule has 1 saturated carbocycles. The largest absolute Gasteiger partial charge is 0.462 e. The number of anilines is 1. The Hall–Kier alpha value is -2.68. The van der Waals surface area contributed by atoms with E-state index in [9.17, 15) is 14.4 Å². The van der Waals surface area contributed by atoms with Gasteiger partial charge in [0.05, 0.1) is 12.2 Å². The van der Waals surface area contributed by atoms with Gasteiger partial charge in [-0.25, -0.2) is 4.79 Å². The van der Waals surface area contributed by atoms with Gasteiger partial charge in [-0.1, -0.05) is 24.6 Å². The Kier molecular flexibility index (Phi) is 8.01. The first kappa shape index (κ1) is 22.0. The molecule has 1 aromatic rings. The predicted octanol–water partition coefficient (Wildman–Crippen LogP) is 3.49. The van der Waals surface area contributed by atoms with E-state index in [2.05, 4.69) is 20.8 Å². The Labute approximate surface area is 179 Å². The number of ether oxygens (including phenoxy) is 1. The van der Waals surface area contributed by atoms with Gasteiger partial charge in [0.2, 0.25) is 11.8 Å². The SMILES string of the molecule is CCOC(=O)c1ccc(NC(=O)C[C@H]2S/C(=N/N=C3CCCCCC3)NC2=O)cc1. The van der Waals surface area contributed by atoms with Crippen molar-refractivity contribution in [3.05, 3.63) is 29.8 Å². The van der Waals surface area contributed by atoms with E-state index in [0.717, 1.165) is 31.4 Å². The van der Waals surface area contributed by atoms with Crippen molar-refractivity contribution in [3.63, 3.8) is 0 Å². The highest BCUT2D eigenvalue weighted by Crippen LogP contribution is 2.24. The minimum absolute atomic E-state index is 0.0196. The Morgan fingerprint density at radius 3 is 2.50 bits per heavy atom. The number of hydrogen-bond acceptors (Lipinski definition) is 7. The van der Waals surface area contributed by atoms with Gasteiger partial charge < -0.3 is 15.4 Å². The van der Waals surface area contributed by atoms with E-state index >= 15 is 0 Å². The van der Waals surface area contributed by atoms with Crippen LogP contribution in [0.25, 0.3) is 0 Å². The molecule has 1 aliphatic heterocycles. The number of hydrogen-bond donors (Lipinski definition) is 2. The number of carbonyl (C=O) groups is 3. The molecule has 2 aliphatic rings. The number of carbonyl (C=O) groups excluding carboxylic acids is 3. The Bertz CT molecular complexity index is 841. The highest BCUT2D eigenvalue weighted by molar-refractivity contribution is 8.15. The molecular formula is C21H26N4O4S. The summed E-state index contributed by atoms with van der Waals surface area (Å²) < 4.78 is 4.93. The summed E-state index contributed by atoms with van der Waals surface area (Å²) >= 11 is 1.22. The monoisotopic (exact) mass is 430 g/mol. The van der Waals surface area contributed by atoms with Crippen molar-refractivity contribution >= 4 is 46.1 Å². The van der Waals surface area contributed by atoms with Crippen LogP contribution in [0, 0.1) is 0 Å². The van der Waals surface area contributed by atoms with Gasteiger partial charge in [-0.15, -0.1) is 5.10 Å². The van der Waals surface area contributed by atoms with E-state index in [1.165, 1.54) is 24.6 Å². The summed E-state index contributed by atoms with van der Waals surface area (Å²) in [5, 5.41) is 13.8. The number of nitrogens with one attached hydrogen (secondary N) is 2. The van der Waals surface area contributed by atoms with Gasteiger partial charge in [0.1, 0.15) is 5.25 Å². The van der Waals surface area contributed by atoms with E-state index in [-0.39, 0.29) is 18.2 Å². The number of amides is 2. The quantitative estimate of drug-likeness (QED) is 0.408. The smallest absolute Gasteiger partial charge is 0.338 e. The van der Waals surface area contributed by atoms with Gasteiger partial charge >= 0.3 is 5.97 Å². The molecule has 8 nitrogen and oxygen atoms in total. The molecule has 1 aliphatic carbocycles. The second kappa shape index (κ2) is 10.9. The van der Waals surface area contributed by atoms with Crippen LogP contribution in [-0.4, -0.2) is 40.5 Å². The first-order chi connectivity index (χ1) is 14.5. The van der Waals surface area contributed by atoms with E-state index in [1.807, 2.05) is 0 Å². The maximum absolute atomic E-state index is 12.3. The van der Waals surface area contributed by atoms with Crippen LogP contribution in [0.3, 0.4) is 0 Å². The van der Waals surface area contributed by atoms with Crippen molar-refractivity contribution < 1.29 is 19.1 Å². The Balaban J connectivity index is 1.51. The molecule has 2 fully saturated rings. The summed E-state index contributed by atoms with van der Waals surface area (Å²) in [6.45, 7) is 2.04. The fourth-order valence-electron chi connectivity index (χ4n) is 3.22. The van der Waals surface area contributed by atoms with Crippen molar-refractivity contribution in [1.29, 1.82) is 0 Å². The first-order valence-corrected chi connectivity index (χ1v) is 11.1. The summed E-state index contributed by atoms with van der Waals surface area (Å²) in [5.74, 6) is -0.941. The van der Waals surface area contributed by atoms with Crippen LogP contribution in [0.2, 0.25) is 0 Å². The summed E-state index contributed by atoms with van der Waals surface area (Å²) in [6, 6.07) is 6.42. The molecule has 9 heteroatoms. The van der Waals surface area contributed by atoms with Crippen LogP contribution in [-0.2, 0) is 14.3 Å². The van der Waals surface area contributed by atoms with Gasteiger partial charge in [-0.05, 0) is 56.9 Å². The molecule has 30 heavy (non-hydrogen) atoms. The fourth-order valence-corrected chi connectivity index (χ4v) is 4.14. The van der Waals surface area contributed by atoms with Crippen molar-refractivity contribution in [2.24, 2.45) is 10.2 Å². The highest BCUT2D eigenvalue weighted by Gasteiger charge is 2.32. The van der Waals surface area contributed by atoms with Crippen LogP contribution in [0.4, 0.5) is 5.69 Å². The molecule has 0 spiro atoms. The number of rotatable bonds is 6. The molecule has 2 N–H and O–H groups in total. The van der Waals surface area contributed by atoms with Gasteiger partial charge in [0, 0.05) is 17.8 Å². The fraction of sp³-hybridized carbons (Fsp3) is 0.476. The predicted molar refractivity (Wildman–Crippen MR) is 118 cm³/mol. The normalized spacial score (nSPS) is 20.4. The Morgan fingerprint density at radius 2 is 1.83 bits per heavy atom. The van der Waals surface area contributed by atoms with E-state index in [4.69, 9.17) is 4.74 Å². The van der Waals surface area contributed by atoms with E-state index in [1.54, 1.807) is 31.2 Å². The summed E-state index contributed by atoms with van der Waals surface area (Å²) in [5.41, 5.74) is 2.03. The molecule has 1 aromatic carbocycles. The Morgan fingerprint density at radius 1 is 1.13 bits per heavy atom. The first-order valence-electron chi connectivity index (χ1n) is 10.2. The minimum Gasteiger partial charge on any atom is -0.462 e. The van der Waals surface area contributed by atoms with Crippen LogP contribution in [0.15, 0.2) is 34.5 Å². The zero-order chi connectivity index (χ0) is 21.3. The lowest BCUT2D eigenvalue weighted by Gasteiger charge is -2.08. The van der Waals surface area contributed by atoms with Gasteiger partial charge in [-0.3, -0.25) is 9.59 Å². The summed E-state index contributed by atoms with van der Waals surface area (Å²) in [4.78, 5) is 36.2. The molecule has 1 saturated heterocycles. The van der Waals surface area contributed by atoms with Crippen LogP contribution < -0.4 is 10.6 Å². The maximum Gasteiger partial charge on any atom is 0.338 e. The maximum atomic E-state index is 12.3. The average molecular weight is 431 g/mol. The van der Waals surface area contributed by atoms with E-state index in [0.29, 0.717) is 23.0 Å². The molecule has 0 bridgehead atoms. The number of thioether (sulfide) groups is 1. The number of amidine groups is 1. The molecule has 1 heterocycles. The third kappa shape index (κ3) is 6.41. The van der Waals surface area contributed by atoms with Gasteiger partial charge in [-0.2, -0.15) is 5.10 Å². The second-order valence-corrected chi connectivity index (χ2v) is 8.32. The number of benzene rings is 1. The molecule has 160 valence electrons. The van der Waals surface area contributed by atoms with Gasteiger partial charge in [0.25, 0.3) is 0 Å². The molecule has 0 radical (unpaired) electrons. The topological polar surface area (TPSA) is 109 Å². The molecule has 0 aromatic heterocycles. The standard InChI is InChI=1S/C21H26N4O4S/c1-2-29-20(28)14-9-11-15(12-10-14)22-18(26)13-17-19(27)23-21(30-17)25-24-16-7-5-3-4-6-8-16/h9-12,17H,2-8,13H2,1H3,(H,22,26)(H,23,25,27)/t17-/m1/s1. The second-order valence-electron chi connectivity index (χ2n) is 7.13. The van der Waals surface area contributed by atoms with Crippen molar-refractivity contribution in [3.8, 4) is 0 Å². The molecule has 0 unspecified atom stereocenters. The van der Waals surface area contributed by atoms with Crippen LogP contribution in [0.5, 0.6) is 0 Å². The van der Waals surface area contributed by atoms with Crippen molar-refractivity contribution in [1.82, 2.24) is 5.32 Å².